The fraction of sp³-hybridized carbons (Fsp3) is 0.389. The van der Waals surface area contributed by atoms with E-state index in [0.29, 0.717) is 5.69 Å². The first kappa shape index (κ1) is 21.5. The number of nitro groups is 1. The number of benzene rings is 1. The maximum atomic E-state index is 12.6. The summed E-state index contributed by atoms with van der Waals surface area (Å²) in [5.41, 5.74) is -0.340. The molecule has 1 amide bonds. The molecule has 2 aromatic rings. The smallest absolute Gasteiger partial charge is 0.294 e. The number of carbonyl (C=O) groups excluding carboxylic acids is 1. The Kier molecular flexibility index (Phi) is 6.87. The number of halogens is 1. The molecule has 2 atom stereocenters. The van der Waals surface area contributed by atoms with Crippen LogP contribution in [0.25, 0.3) is 5.69 Å². The van der Waals surface area contributed by atoms with Gasteiger partial charge < -0.3 is 10.6 Å². The summed E-state index contributed by atoms with van der Waals surface area (Å²) in [6, 6.07) is 7.56. The maximum absolute atomic E-state index is 12.6. The molecule has 3 rings (SSSR count). The summed E-state index contributed by atoms with van der Waals surface area (Å²) in [6.07, 6.45) is 1.52. The summed E-state index contributed by atoms with van der Waals surface area (Å²) >= 11 is 0. The SMILES string of the molecule is Cc1cc(=O)c(C(=O)NC2CCNC(C)C2)nn1-c1ccccc1[N+](=O)[O-].Cl. The molecule has 9 nitrogen and oxygen atoms in total. The van der Waals surface area contributed by atoms with Crippen LogP contribution in [0.4, 0.5) is 5.69 Å². The monoisotopic (exact) mass is 407 g/mol. The summed E-state index contributed by atoms with van der Waals surface area (Å²) in [4.78, 5) is 35.7. The average molecular weight is 408 g/mol. The van der Waals surface area contributed by atoms with Crippen molar-refractivity contribution >= 4 is 24.0 Å². The second-order valence-corrected chi connectivity index (χ2v) is 6.71. The zero-order valence-corrected chi connectivity index (χ0v) is 16.4. The number of nitro benzene ring substituents is 1. The maximum Gasteiger partial charge on any atom is 0.294 e. The van der Waals surface area contributed by atoms with Gasteiger partial charge in [-0.2, -0.15) is 5.10 Å². The van der Waals surface area contributed by atoms with Gasteiger partial charge in [0.15, 0.2) is 5.69 Å². The standard InChI is InChI=1S/C18H21N5O4.ClH/c1-11-9-13(7-8-19-11)20-18(25)17-16(24)10-12(2)22(21-17)14-5-3-4-6-15(14)23(26)27;/h3-6,10-11,13,19H,7-9H2,1-2H3,(H,20,25);1H. The van der Waals surface area contributed by atoms with Gasteiger partial charge in [-0.05, 0) is 39.3 Å². The van der Waals surface area contributed by atoms with Crippen molar-refractivity contribution < 1.29 is 9.72 Å². The molecule has 0 saturated carbocycles. The van der Waals surface area contributed by atoms with Crippen molar-refractivity contribution in [2.75, 3.05) is 6.54 Å². The van der Waals surface area contributed by atoms with Crippen molar-refractivity contribution in [3.63, 3.8) is 0 Å². The van der Waals surface area contributed by atoms with Gasteiger partial charge in [0, 0.05) is 29.9 Å². The van der Waals surface area contributed by atoms with Crippen LogP contribution in [-0.4, -0.2) is 39.2 Å². The van der Waals surface area contributed by atoms with E-state index in [1.54, 1.807) is 19.1 Å². The second kappa shape index (κ2) is 8.94. The zero-order valence-electron chi connectivity index (χ0n) is 15.5. The van der Waals surface area contributed by atoms with Crippen LogP contribution >= 0.6 is 12.4 Å². The first-order chi connectivity index (χ1) is 12.9. The molecule has 1 fully saturated rings. The van der Waals surface area contributed by atoms with E-state index in [-0.39, 0.29) is 41.6 Å². The molecular formula is C18H22ClN5O4. The quantitative estimate of drug-likeness (QED) is 0.588. The van der Waals surface area contributed by atoms with E-state index in [0.717, 1.165) is 19.4 Å². The predicted octanol–water partition coefficient (Wildman–Crippen LogP) is 1.74. The molecule has 1 aromatic carbocycles. The molecule has 1 aromatic heterocycles. The minimum atomic E-state index is -0.563. The van der Waals surface area contributed by atoms with Gasteiger partial charge in [0.2, 0.25) is 5.43 Å². The van der Waals surface area contributed by atoms with Crippen LogP contribution in [0.2, 0.25) is 0 Å². The number of aromatic nitrogens is 2. The van der Waals surface area contributed by atoms with E-state index < -0.39 is 16.3 Å². The van der Waals surface area contributed by atoms with Crippen LogP contribution in [-0.2, 0) is 0 Å². The Hall–Kier alpha value is -2.78. The van der Waals surface area contributed by atoms with E-state index >= 15 is 0 Å². The highest BCUT2D eigenvalue weighted by atomic mass is 35.5. The minimum absolute atomic E-state index is 0. The van der Waals surface area contributed by atoms with Crippen molar-refractivity contribution in [1.82, 2.24) is 20.4 Å². The Morgan fingerprint density at radius 3 is 2.79 bits per heavy atom. The van der Waals surface area contributed by atoms with Crippen molar-refractivity contribution in [2.45, 2.75) is 38.8 Å². The first-order valence-electron chi connectivity index (χ1n) is 8.76. The molecule has 150 valence electrons. The largest absolute Gasteiger partial charge is 0.348 e. The Morgan fingerprint density at radius 1 is 1.39 bits per heavy atom. The van der Waals surface area contributed by atoms with Crippen LogP contribution in [0.5, 0.6) is 0 Å². The summed E-state index contributed by atoms with van der Waals surface area (Å²) in [7, 11) is 0. The third-order valence-corrected chi connectivity index (χ3v) is 4.59. The summed E-state index contributed by atoms with van der Waals surface area (Å²) in [5, 5.41) is 21.6. The normalized spacial score (nSPS) is 18.8. The number of aryl methyl sites for hydroxylation is 1. The Morgan fingerprint density at radius 2 is 2.11 bits per heavy atom. The number of para-hydroxylation sites is 2. The van der Waals surface area contributed by atoms with Crippen LogP contribution in [0.3, 0.4) is 0 Å². The number of nitrogens with one attached hydrogen (secondary N) is 2. The molecule has 2 heterocycles. The molecule has 28 heavy (non-hydrogen) atoms. The second-order valence-electron chi connectivity index (χ2n) is 6.71. The van der Waals surface area contributed by atoms with E-state index in [1.165, 1.54) is 22.9 Å². The van der Waals surface area contributed by atoms with Crippen molar-refractivity contribution in [3.05, 3.63) is 62.1 Å². The summed E-state index contributed by atoms with van der Waals surface area (Å²) in [5.74, 6) is -0.563. The Balaban J connectivity index is 0.00000280. The third kappa shape index (κ3) is 4.55. The number of hydrogen-bond acceptors (Lipinski definition) is 6. The fourth-order valence-electron chi connectivity index (χ4n) is 3.26. The van der Waals surface area contributed by atoms with Gasteiger partial charge >= 0.3 is 0 Å². The number of hydrogen-bond donors (Lipinski definition) is 2. The summed E-state index contributed by atoms with van der Waals surface area (Å²) < 4.78 is 1.26. The number of carbonyl (C=O) groups is 1. The average Bonchev–Trinajstić information content (AvgIpc) is 2.61. The van der Waals surface area contributed by atoms with Crippen LogP contribution in [0.1, 0.15) is 35.9 Å². The lowest BCUT2D eigenvalue weighted by molar-refractivity contribution is -0.384. The van der Waals surface area contributed by atoms with Crippen LogP contribution in [0.15, 0.2) is 35.1 Å². The minimum Gasteiger partial charge on any atom is -0.348 e. The van der Waals surface area contributed by atoms with Gasteiger partial charge in [-0.25, -0.2) is 4.68 Å². The highest BCUT2D eigenvalue weighted by Gasteiger charge is 2.24. The number of amides is 1. The fourth-order valence-corrected chi connectivity index (χ4v) is 3.26. The molecule has 0 aliphatic carbocycles. The molecule has 10 heteroatoms. The molecule has 1 aliphatic heterocycles. The Labute approximate surface area is 167 Å². The molecular weight excluding hydrogens is 386 g/mol. The van der Waals surface area contributed by atoms with Gasteiger partial charge in [-0.3, -0.25) is 19.7 Å². The molecule has 1 saturated heterocycles. The predicted molar refractivity (Wildman–Crippen MR) is 106 cm³/mol. The number of nitrogens with zero attached hydrogens (tertiary/aromatic N) is 3. The zero-order chi connectivity index (χ0) is 19.6. The topological polar surface area (TPSA) is 119 Å². The number of rotatable bonds is 4. The van der Waals surface area contributed by atoms with E-state index in [9.17, 15) is 19.7 Å². The third-order valence-electron chi connectivity index (χ3n) is 4.59. The highest BCUT2D eigenvalue weighted by Crippen LogP contribution is 2.22. The lowest BCUT2D eigenvalue weighted by Gasteiger charge is -2.28. The molecule has 2 N–H and O–H groups in total. The van der Waals surface area contributed by atoms with Gasteiger partial charge in [0.1, 0.15) is 5.69 Å². The van der Waals surface area contributed by atoms with Crippen LogP contribution in [0, 0.1) is 17.0 Å². The summed E-state index contributed by atoms with van der Waals surface area (Å²) in [6.45, 7) is 4.43. The number of piperidine rings is 1. The van der Waals surface area contributed by atoms with Crippen molar-refractivity contribution in [1.29, 1.82) is 0 Å². The van der Waals surface area contributed by atoms with Crippen molar-refractivity contribution in [2.24, 2.45) is 0 Å². The molecule has 0 spiro atoms. The lowest BCUT2D eigenvalue weighted by Crippen LogP contribution is -2.47. The molecule has 1 aliphatic rings. The Bertz CT molecular complexity index is 946. The lowest BCUT2D eigenvalue weighted by atomic mass is 10.0. The van der Waals surface area contributed by atoms with Gasteiger partial charge in [-0.15, -0.1) is 12.4 Å². The van der Waals surface area contributed by atoms with Gasteiger partial charge in [0.25, 0.3) is 11.6 Å². The van der Waals surface area contributed by atoms with E-state index in [1.807, 2.05) is 6.92 Å². The van der Waals surface area contributed by atoms with Gasteiger partial charge in [-0.1, -0.05) is 12.1 Å². The van der Waals surface area contributed by atoms with Crippen LogP contribution < -0.4 is 16.1 Å². The van der Waals surface area contributed by atoms with Gasteiger partial charge in [0.05, 0.1) is 4.92 Å². The van der Waals surface area contributed by atoms with E-state index in [2.05, 4.69) is 15.7 Å². The molecule has 2 unspecified atom stereocenters. The highest BCUT2D eigenvalue weighted by molar-refractivity contribution is 5.92. The molecule has 0 bridgehead atoms. The molecule has 0 radical (unpaired) electrons. The van der Waals surface area contributed by atoms with Crippen molar-refractivity contribution in [3.8, 4) is 5.69 Å². The van der Waals surface area contributed by atoms with E-state index in [4.69, 9.17) is 0 Å². The first-order valence-corrected chi connectivity index (χ1v) is 8.76.